The van der Waals surface area contributed by atoms with E-state index in [4.69, 9.17) is 20.3 Å². The second kappa shape index (κ2) is 40.1. The molecule has 3 N–H and O–H groups in total. The van der Waals surface area contributed by atoms with Crippen molar-refractivity contribution in [3.63, 3.8) is 0 Å². The van der Waals surface area contributed by atoms with E-state index < -0.39 is 0 Å². The third-order valence-corrected chi connectivity index (χ3v) is 15.1. The predicted molar refractivity (Wildman–Crippen MR) is 381 cm³/mol. The van der Waals surface area contributed by atoms with Gasteiger partial charge in [-0.2, -0.15) is 0 Å². The largest absolute Gasteiger partial charge is 0.512 e. The van der Waals surface area contributed by atoms with Crippen molar-refractivity contribution in [2.24, 2.45) is 0 Å². The molecular weight excluding hydrogens is 1940 g/mol. The number of aliphatic hydroxyl groups is 3. The molecular formula is C82H70Ir4N4O6S-4. The predicted octanol–water partition coefficient (Wildman–Crippen LogP) is 20.3. The number of carbonyl (C=O) groups is 3. The molecule has 0 saturated carbocycles. The van der Waals surface area contributed by atoms with Crippen LogP contribution < -0.4 is 0 Å². The molecule has 13 aromatic rings. The summed E-state index contributed by atoms with van der Waals surface area (Å²) < 4.78 is 1.26. The van der Waals surface area contributed by atoms with Crippen LogP contribution in [0, 0.1) is 24.3 Å². The smallest absolute Gasteiger partial charge is 0.155 e. The fraction of sp³-hybridized carbons (Fsp3) is 0.110. The van der Waals surface area contributed by atoms with E-state index in [1.54, 1.807) is 11.3 Å². The van der Waals surface area contributed by atoms with Crippen molar-refractivity contribution in [1.29, 1.82) is 0 Å². The number of hydrogen-bond acceptors (Lipinski definition) is 11. The molecule has 1 aliphatic rings. The van der Waals surface area contributed by atoms with Gasteiger partial charge in [-0.15, -0.1) is 125 Å². The van der Waals surface area contributed by atoms with Gasteiger partial charge in [-0.1, -0.05) is 165 Å². The summed E-state index contributed by atoms with van der Waals surface area (Å²) in [6, 6.07) is 93.3. The third-order valence-electron chi connectivity index (χ3n) is 14.0. The minimum atomic E-state index is -0.125. The van der Waals surface area contributed by atoms with E-state index in [9.17, 15) is 14.4 Å². The molecule has 0 atom stereocenters. The first kappa shape index (κ1) is 80.8. The molecule has 0 unspecified atom stereocenters. The van der Waals surface area contributed by atoms with Crippen molar-refractivity contribution in [3.05, 3.63) is 314 Å². The number of allylic oxidation sites excluding steroid dienone is 6. The maximum Gasteiger partial charge on any atom is 0.155 e. The second-order valence-corrected chi connectivity index (χ2v) is 23.1. The molecule has 5 heterocycles. The first-order valence-electron chi connectivity index (χ1n) is 30.0. The van der Waals surface area contributed by atoms with Crippen LogP contribution in [0.2, 0.25) is 0 Å². The summed E-state index contributed by atoms with van der Waals surface area (Å²) in [4.78, 5) is 49.5. The van der Waals surface area contributed by atoms with Gasteiger partial charge in [0, 0.05) is 111 Å². The van der Waals surface area contributed by atoms with E-state index in [2.05, 4.69) is 156 Å². The Morgan fingerprint density at radius 1 is 0.412 bits per heavy atom. The van der Waals surface area contributed by atoms with Gasteiger partial charge in [-0.3, -0.25) is 29.3 Å². The second-order valence-electron chi connectivity index (χ2n) is 22.0. The van der Waals surface area contributed by atoms with Crippen molar-refractivity contribution in [1.82, 2.24) is 19.9 Å². The van der Waals surface area contributed by atoms with Crippen molar-refractivity contribution in [3.8, 4) is 55.5 Å². The summed E-state index contributed by atoms with van der Waals surface area (Å²) >= 11 is 1.73. The van der Waals surface area contributed by atoms with Gasteiger partial charge in [-0.25, -0.2) is 11.3 Å². The summed E-state index contributed by atoms with van der Waals surface area (Å²) in [6.45, 7) is 13.1. The molecule has 15 heteroatoms. The Bertz CT molecular complexity index is 4570. The number of ketones is 3. The minimum Gasteiger partial charge on any atom is -0.512 e. The fourth-order valence-electron chi connectivity index (χ4n) is 9.95. The van der Waals surface area contributed by atoms with E-state index in [1.807, 2.05) is 140 Å². The van der Waals surface area contributed by atoms with Gasteiger partial charge >= 0.3 is 0 Å². The standard InChI is InChI=1S/C24H18N.2C15H10N.C13H8NS.3C5H8O2.4Ir/c1-24(2)20-9-5-4-8-18(20)19-13-11-17(15-21(19)24)23-14-12-16-7-3-6-10-22(16)25-23;2*1-2-6-12(7-3-1)15-11-10-13-8-4-5-9-14(13)16-15;1-2-7-12-10(5-1)9-13(15-12)11-6-3-4-8-14-11;3*1-4(6)3-5(2)7;;;;/h3-10,12-15H,1-2H3;2*1-6,8-11H;1-8H;3*3,6H,1-2H3;;;;/q4*-1;;;;;;;. The number of nitrogens with zero attached hydrogens (tertiary/aromatic N) is 4. The maximum absolute atomic E-state index is 10.0. The average Bonchev–Trinajstić information content (AvgIpc) is 1.59. The number of aromatic nitrogens is 4. The molecule has 0 fully saturated rings. The number of pyridine rings is 4. The number of fused-ring (bicyclic) bond motifs is 7. The number of rotatable bonds is 7. The van der Waals surface area contributed by atoms with Crippen molar-refractivity contribution < 1.29 is 110 Å². The van der Waals surface area contributed by atoms with Crippen LogP contribution in [0.25, 0.3) is 98.3 Å². The Hall–Kier alpha value is -8.67. The first-order valence-corrected chi connectivity index (χ1v) is 30.8. The van der Waals surface area contributed by atoms with Gasteiger partial charge < -0.3 is 20.3 Å². The number of hydrogen-bond donors (Lipinski definition) is 3. The number of aliphatic hydroxyl groups excluding tert-OH is 3. The normalized spacial score (nSPS) is 11.3. The Balaban J connectivity index is 0.000000251. The Morgan fingerprint density at radius 2 is 0.825 bits per heavy atom. The monoisotopic (exact) mass is 2010 g/mol. The number of para-hydroxylation sites is 3. The molecule has 5 aromatic heterocycles. The average molecular weight is 2010 g/mol. The number of carbonyl (C=O) groups excluding carboxylic acids is 3. The first-order chi connectivity index (χ1) is 44.8. The van der Waals surface area contributed by atoms with E-state index in [-0.39, 0.29) is 120 Å². The molecule has 97 heavy (non-hydrogen) atoms. The topological polar surface area (TPSA) is 163 Å². The zero-order chi connectivity index (χ0) is 66.3. The van der Waals surface area contributed by atoms with Crippen LogP contribution in [0.5, 0.6) is 0 Å². The Kier molecular flexibility index (Phi) is 33.4. The summed E-state index contributed by atoms with van der Waals surface area (Å²) in [6.07, 6.45) is 5.31. The molecule has 8 aromatic carbocycles. The summed E-state index contributed by atoms with van der Waals surface area (Å²) in [5, 5.41) is 29.8. The molecule has 4 radical (unpaired) electrons. The van der Waals surface area contributed by atoms with Gasteiger partial charge in [-0.05, 0) is 120 Å². The van der Waals surface area contributed by atoms with Gasteiger partial charge in [0.15, 0.2) is 17.3 Å². The summed E-state index contributed by atoms with van der Waals surface area (Å²) in [5.74, 6) is -0.187. The zero-order valence-electron chi connectivity index (χ0n) is 54.4. The van der Waals surface area contributed by atoms with Crippen LogP contribution >= 0.6 is 11.3 Å². The van der Waals surface area contributed by atoms with Crippen LogP contribution in [0.4, 0.5) is 0 Å². The molecule has 14 rings (SSSR count). The van der Waals surface area contributed by atoms with Crippen molar-refractivity contribution in [2.45, 2.75) is 60.8 Å². The van der Waals surface area contributed by atoms with E-state index in [0.29, 0.717) is 0 Å². The molecule has 0 bridgehead atoms. The van der Waals surface area contributed by atoms with E-state index in [1.165, 1.54) is 108 Å². The SMILES string of the molecule is CC(=O)C=C(C)O.CC(=O)C=C(C)O.CC(=O)C=C(C)O.CC1(C)c2ccccc2-c2c[c-]c(-c3ccc4ccccc4n3)cc21.[Ir].[Ir].[Ir].[Ir].[c-]1c(-c2ccccn2)sc2ccccc12.[c-]1ccccc1-c1ccc2ccccc2n1.[c-]1ccccc1-c1ccc2ccccc2n1. The molecule has 1 aliphatic carbocycles. The molecule has 500 valence electrons. The number of thiophene rings is 1. The maximum atomic E-state index is 10.0. The van der Waals surface area contributed by atoms with Crippen molar-refractivity contribution in [2.75, 3.05) is 0 Å². The van der Waals surface area contributed by atoms with Gasteiger partial charge in [0.25, 0.3) is 0 Å². The molecule has 0 aliphatic heterocycles. The molecule has 0 amide bonds. The van der Waals surface area contributed by atoms with Crippen LogP contribution in [-0.4, -0.2) is 52.6 Å². The zero-order valence-corrected chi connectivity index (χ0v) is 64.8. The van der Waals surface area contributed by atoms with Crippen LogP contribution in [-0.2, 0) is 100 Å². The van der Waals surface area contributed by atoms with Crippen molar-refractivity contribution >= 4 is 71.5 Å². The van der Waals surface area contributed by atoms with E-state index in [0.717, 1.165) is 60.9 Å². The minimum absolute atomic E-state index is 0. The summed E-state index contributed by atoms with van der Waals surface area (Å²) in [5.41, 5.74) is 15.5. The summed E-state index contributed by atoms with van der Waals surface area (Å²) in [7, 11) is 0. The Morgan fingerprint density at radius 3 is 1.24 bits per heavy atom. The fourth-order valence-corrected chi connectivity index (χ4v) is 10.9. The van der Waals surface area contributed by atoms with Crippen LogP contribution in [0.1, 0.15) is 66.5 Å². The quantitative estimate of drug-likeness (QED) is 0.0795. The Labute approximate surface area is 625 Å². The van der Waals surface area contributed by atoms with Crippen LogP contribution in [0.3, 0.4) is 0 Å². The van der Waals surface area contributed by atoms with E-state index >= 15 is 0 Å². The molecule has 0 saturated heterocycles. The van der Waals surface area contributed by atoms with Gasteiger partial charge in [0.05, 0.1) is 33.8 Å². The van der Waals surface area contributed by atoms with Crippen LogP contribution in [0.15, 0.2) is 278 Å². The number of benzene rings is 8. The van der Waals surface area contributed by atoms with Gasteiger partial charge in [0.2, 0.25) is 0 Å². The molecule has 10 nitrogen and oxygen atoms in total. The third kappa shape index (κ3) is 24.1. The van der Waals surface area contributed by atoms with Gasteiger partial charge in [0.1, 0.15) is 0 Å². The molecule has 0 spiro atoms.